The van der Waals surface area contributed by atoms with E-state index in [9.17, 15) is 9.90 Å². The number of benzene rings is 1. The number of hydrogen-bond acceptors (Lipinski definition) is 2. The molecular formula is C13H13NO3. The van der Waals surface area contributed by atoms with Crippen molar-refractivity contribution in [2.75, 3.05) is 0 Å². The Kier molecular flexibility index (Phi) is 2.11. The molecule has 3 rings (SSSR count). The van der Waals surface area contributed by atoms with Crippen LogP contribution in [0.15, 0.2) is 24.3 Å². The first kappa shape index (κ1) is 10.2. The highest BCUT2D eigenvalue weighted by Gasteiger charge is 2.26. The largest absolute Gasteiger partial charge is 0.508 e. The fraction of sp³-hybridized carbons (Fsp3) is 0.308. The normalized spacial score (nSPS) is 18.5. The summed E-state index contributed by atoms with van der Waals surface area (Å²) in [6, 6.07) is 7.27. The number of nitrogens with zero attached hydrogens (tertiary/aromatic N) is 1. The van der Waals surface area contributed by atoms with Crippen molar-refractivity contribution >= 4 is 16.9 Å². The van der Waals surface area contributed by atoms with Crippen molar-refractivity contribution in [3.05, 3.63) is 30.0 Å². The molecule has 2 N–H and O–H groups in total. The summed E-state index contributed by atoms with van der Waals surface area (Å²) in [7, 11) is 0. The van der Waals surface area contributed by atoms with E-state index < -0.39 is 5.97 Å². The molecule has 2 aromatic rings. The molecule has 1 aromatic carbocycles. The highest BCUT2D eigenvalue weighted by molar-refractivity contribution is 5.83. The Balaban J connectivity index is 2.09. The second kappa shape index (κ2) is 3.52. The van der Waals surface area contributed by atoms with Crippen molar-refractivity contribution in [2.45, 2.75) is 25.3 Å². The molecule has 0 radical (unpaired) electrons. The molecule has 0 saturated heterocycles. The van der Waals surface area contributed by atoms with Gasteiger partial charge in [-0.2, -0.15) is 0 Å². The van der Waals surface area contributed by atoms with Gasteiger partial charge in [0.05, 0.1) is 6.42 Å². The van der Waals surface area contributed by atoms with Crippen LogP contribution in [0.2, 0.25) is 0 Å². The highest BCUT2D eigenvalue weighted by atomic mass is 16.4. The molecule has 1 aliphatic rings. The van der Waals surface area contributed by atoms with Gasteiger partial charge in [0.25, 0.3) is 0 Å². The van der Waals surface area contributed by atoms with E-state index in [2.05, 4.69) is 4.57 Å². The van der Waals surface area contributed by atoms with Gasteiger partial charge in [-0.15, -0.1) is 0 Å². The number of phenols is 1. The number of aryl methyl sites for hydroxylation is 1. The molecule has 4 nitrogen and oxygen atoms in total. The minimum atomic E-state index is -0.753. The van der Waals surface area contributed by atoms with Crippen LogP contribution in [-0.4, -0.2) is 20.7 Å². The molecule has 4 heteroatoms. The van der Waals surface area contributed by atoms with E-state index in [1.165, 1.54) is 0 Å². The van der Waals surface area contributed by atoms with Crippen LogP contribution in [0.4, 0.5) is 0 Å². The molecule has 0 saturated carbocycles. The fourth-order valence-electron chi connectivity index (χ4n) is 2.72. The van der Waals surface area contributed by atoms with E-state index in [0.717, 1.165) is 29.6 Å². The quantitative estimate of drug-likeness (QED) is 0.833. The zero-order valence-corrected chi connectivity index (χ0v) is 9.26. The van der Waals surface area contributed by atoms with Gasteiger partial charge >= 0.3 is 5.97 Å². The van der Waals surface area contributed by atoms with E-state index in [4.69, 9.17) is 5.11 Å². The van der Waals surface area contributed by atoms with Gasteiger partial charge in [0, 0.05) is 29.1 Å². The van der Waals surface area contributed by atoms with Crippen LogP contribution in [0.25, 0.3) is 10.9 Å². The molecule has 0 unspecified atom stereocenters. The topological polar surface area (TPSA) is 62.5 Å². The van der Waals surface area contributed by atoms with Crippen molar-refractivity contribution in [3.8, 4) is 5.75 Å². The fourth-order valence-corrected chi connectivity index (χ4v) is 2.72. The predicted molar refractivity (Wildman–Crippen MR) is 63.2 cm³/mol. The van der Waals surface area contributed by atoms with Crippen molar-refractivity contribution in [1.29, 1.82) is 0 Å². The lowest BCUT2D eigenvalue weighted by Gasteiger charge is -2.04. The van der Waals surface area contributed by atoms with Crippen LogP contribution in [0, 0.1) is 0 Å². The lowest BCUT2D eigenvalue weighted by atomic mass is 10.0. The third kappa shape index (κ3) is 1.56. The average Bonchev–Trinajstić information content (AvgIpc) is 2.77. The standard InChI is InChI=1S/C13H13NO3/c15-10-1-2-11-9(5-10)6-12-8(7-13(16)17)3-4-14(11)12/h1-2,5-6,8,15H,3-4,7H2,(H,16,17)/t8-/m1/s1. The first-order valence-electron chi connectivity index (χ1n) is 5.69. The number of carboxylic acids is 1. The van der Waals surface area contributed by atoms with E-state index in [-0.39, 0.29) is 18.1 Å². The molecule has 0 amide bonds. The van der Waals surface area contributed by atoms with Crippen molar-refractivity contribution in [3.63, 3.8) is 0 Å². The summed E-state index contributed by atoms with van der Waals surface area (Å²) in [4.78, 5) is 10.8. The Hall–Kier alpha value is -1.97. The number of rotatable bonds is 2. The zero-order chi connectivity index (χ0) is 12.0. The number of carbonyl (C=O) groups is 1. The lowest BCUT2D eigenvalue weighted by molar-refractivity contribution is -0.137. The molecule has 0 fully saturated rings. The van der Waals surface area contributed by atoms with Crippen LogP contribution < -0.4 is 0 Å². The maximum absolute atomic E-state index is 10.8. The Labute approximate surface area is 98.1 Å². The number of carboxylic acid groups (broad SMARTS) is 1. The first-order valence-corrected chi connectivity index (χ1v) is 5.69. The number of aromatic hydroxyl groups is 1. The molecule has 1 aromatic heterocycles. The summed E-state index contributed by atoms with van der Waals surface area (Å²) < 4.78 is 2.16. The van der Waals surface area contributed by atoms with Crippen molar-refractivity contribution in [1.82, 2.24) is 4.57 Å². The van der Waals surface area contributed by atoms with Gasteiger partial charge < -0.3 is 14.8 Å². The van der Waals surface area contributed by atoms with Gasteiger partial charge in [0.2, 0.25) is 0 Å². The SMILES string of the molecule is O=C(O)C[C@H]1CCn2c1cc1cc(O)ccc12. The molecule has 88 valence electrons. The van der Waals surface area contributed by atoms with Gasteiger partial charge in [-0.25, -0.2) is 0 Å². The third-order valence-corrected chi connectivity index (χ3v) is 3.46. The third-order valence-electron chi connectivity index (χ3n) is 3.46. The van der Waals surface area contributed by atoms with E-state index in [0.29, 0.717) is 0 Å². The number of aromatic nitrogens is 1. The van der Waals surface area contributed by atoms with Gasteiger partial charge in [0.1, 0.15) is 5.75 Å². The van der Waals surface area contributed by atoms with Gasteiger partial charge in [-0.1, -0.05) is 0 Å². The maximum Gasteiger partial charge on any atom is 0.304 e. The van der Waals surface area contributed by atoms with E-state index in [1.54, 1.807) is 12.1 Å². The number of hydrogen-bond donors (Lipinski definition) is 2. The number of phenolic OH excluding ortho intramolecular Hbond substituents is 1. The molecule has 2 heterocycles. The van der Waals surface area contributed by atoms with E-state index in [1.807, 2.05) is 12.1 Å². The minimum absolute atomic E-state index is 0.0991. The Morgan fingerprint density at radius 2 is 2.24 bits per heavy atom. The smallest absolute Gasteiger partial charge is 0.304 e. The minimum Gasteiger partial charge on any atom is -0.508 e. The molecule has 17 heavy (non-hydrogen) atoms. The Morgan fingerprint density at radius 1 is 1.41 bits per heavy atom. The number of fused-ring (bicyclic) bond motifs is 3. The van der Waals surface area contributed by atoms with E-state index >= 15 is 0 Å². The number of aliphatic carboxylic acids is 1. The lowest BCUT2D eigenvalue weighted by Crippen LogP contribution is -2.02. The molecule has 0 spiro atoms. The summed E-state index contributed by atoms with van der Waals surface area (Å²) in [6.45, 7) is 0.863. The molecule has 1 atom stereocenters. The second-order valence-corrected chi connectivity index (χ2v) is 4.55. The highest BCUT2D eigenvalue weighted by Crippen LogP contribution is 2.36. The van der Waals surface area contributed by atoms with Crippen LogP contribution >= 0.6 is 0 Å². The molecule has 0 aliphatic carbocycles. The summed E-state index contributed by atoms with van der Waals surface area (Å²) in [6.07, 6.45) is 1.07. The molecule has 1 aliphatic heterocycles. The van der Waals surface area contributed by atoms with Crippen LogP contribution in [0.3, 0.4) is 0 Å². The van der Waals surface area contributed by atoms with Crippen LogP contribution in [-0.2, 0) is 11.3 Å². The van der Waals surface area contributed by atoms with Gasteiger partial charge in [-0.3, -0.25) is 4.79 Å². The average molecular weight is 231 g/mol. The second-order valence-electron chi connectivity index (χ2n) is 4.55. The molecule has 0 bridgehead atoms. The van der Waals surface area contributed by atoms with Crippen molar-refractivity contribution < 1.29 is 15.0 Å². The summed E-state index contributed by atoms with van der Waals surface area (Å²) in [5.41, 5.74) is 2.15. The van der Waals surface area contributed by atoms with Gasteiger partial charge in [0.15, 0.2) is 0 Å². The maximum atomic E-state index is 10.8. The monoisotopic (exact) mass is 231 g/mol. The van der Waals surface area contributed by atoms with Gasteiger partial charge in [-0.05, 0) is 30.7 Å². The zero-order valence-electron chi connectivity index (χ0n) is 9.26. The molecular weight excluding hydrogens is 218 g/mol. The summed E-state index contributed by atoms with van der Waals surface area (Å²) in [5, 5.41) is 19.3. The first-order chi connectivity index (χ1) is 8.15. The predicted octanol–water partition coefficient (Wildman–Crippen LogP) is 2.31. The summed E-state index contributed by atoms with van der Waals surface area (Å²) in [5.74, 6) is -0.407. The van der Waals surface area contributed by atoms with Crippen LogP contribution in [0.5, 0.6) is 5.75 Å². The summed E-state index contributed by atoms with van der Waals surface area (Å²) >= 11 is 0. The van der Waals surface area contributed by atoms with Crippen LogP contribution in [0.1, 0.15) is 24.5 Å². The Bertz CT molecular complexity index is 600. The Morgan fingerprint density at radius 3 is 3.00 bits per heavy atom. The van der Waals surface area contributed by atoms with Crippen molar-refractivity contribution in [2.24, 2.45) is 0 Å².